The molecule has 0 aliphatic heterocycles. The number of nitrogen functional groups attached to an aromatic ring is 1. The molecule has 2 aromatic carbocycles. The number of nitrogens with one attached hydrogen (secondary N) is 1. The van der Waals surface area contributed by atoms with Crippen LogP contribution in [0.1, 0.15) is 5.56 Å². The van der Waals surface area contributed by atoms with Crippen molar-refractivity contribution in [2.45, 2.75) is 0 Å². The molecule has 0 unspecified atom stereocenters. The fourth-order valence-corrected chi connectivity index (χ4v) is 2.09. The highest BCUT2D eigenvalue weighted by Crippen LogP contribution is 2.23. The molecule has 5 nitrogen and oxygen atoms in total. The van der Waals surface area contributed by atoms with Crippen LogP contribution in [-0.2, 0) is 7.05 Å². The predicted octanol–water partition coefficient (Wildman–Crippen LogP) is 2.77. The van der Waals surface area contributed by atoms with E-state index in [2.05, 4.69) is 16.4 Å². The Morgan fingerprint density at radius 1 is 1.20 bits per heavy atom. The van der Waals surface area contributed by atoms with Gasteiger partial charge in [-0.25, -0.2) is 4.98 Å². The maximum atomic E-state index is 8.78. The first-order valence-electron chi connectivity index (χ1n) is 6.16. The first-order valence-corrected chi connectivity index (χ1v) is 6.16. The van der Waals surface area contributed by atoms with Crippen LogP contribution in [-0.4, -0.2) is 9.55 Å². The molecule has 3 rings (SSSR count). The molecule has 0 bridgehead atoms. The molecule has 1 aromatic heterocycles. The van der Waals surface area contributed by atoms with Gasteiger partial charge in [0.25, 0.3) is 0 Å². The largest absolute Gasteiger partial charge is 0.399 e. The Bertz CT molecular complexity index is 809. The lowest BCUT2D eigenvalue weighted by atomic mass is 10.2. The molecule has 0 aliphatic rings. The topological polar surface area (TPSA) is 79.7 Å². The summed E-state index contributed by atoms with van der Waals surface area (Å²) in [5.41, 5.74) is 9.84. The molecule has 0 saturated carbocycles. The van der Waals surface area contributed by atoms with Crippen LogP contribution in [0, 0.1) is 11.3 Å². The van der Waals surface area contributed by atoms with E-state index in [1.165, 1.54) is 0 Å². The summed E-state index contributed by atoms with van der Waals surface area (Å²) in [7, 11) is 1.94. The SMILES string of the molecule is Cn1c(Nc2ccc(C#N)cc2)nc2cc(N)ccc21. The van der Waals surface area contributed by atoms with Gasteiger partial charge in [-0.1, -0.05) is 0 Å². The molecule has 0 amide bonds. The Kier molecular flexibility index (Phi) is 2.77. The van der Waals surface area contributed by atoms with Gasteiger partial charge in [0.15, 0.2) is 0 Å². The van der Waals surface area contributed by atoms with E-state index >= 15 is 0 Å². The molecule has 0 spiro atoms. The predicted molar refractivity (Wildman–Crippen MR) is 79.6 cm³/mol. The van der Waals surface area contributed by atoms with E-state index in [9.17, 15) is 0 Å². The molecule has 3 N–H and O–H groups in total. The van der Waals surface area contributed by atoms with Gasteiger partial charge in [-0.05, 0) is 42.5 Å². The van der Waals surface area contributed by atoms with Crippen molar-refractivity contribution in [3.05, 3.63) is 48.0 Å². The maximum Gasteiger partial charge on any atom is 0.208 e. The van der Waals surface area contributed by atoms with Crippen molar-refractivity contribution in [1.29, 1.82) is 5.26 Å². The van der Waals surface area contributed by atoms with Gasteiger partial charge in [0, 0.05) is 18.4 Å². The molecule has 0 fully saturated rings. The molecular formula is C15H13N5. The minimum atomic E-state index is 0.633. The molecule has 0 saturated heterocycles. The van der Waals surface area contributed by atoms with Crippen molar-refractivity contribution in [2.75, 3.05) is 11.1 Å². The lowest BCUT2D eigenvalue weighted by Crippen LogP contribution is -1.98. The van der Waals surface area contributed by atoms with Crippen LogP contribution in [0.5, 0.6) is 0 Å². The number of rotatable bonds is 2. The standard InChI is InChI=1S/C15H13N5/c1-20-14-7-4-11(17)8-13(14)19-15(20)18-12-5-2-10(9-16)3-6-12/h2-8H,17H2,1H3,(H,18,19). The van der Waals surface area contributed by atoms with Gasteiger partial charge in [-0.15, -0.1) is 0 Å². The number of benzene rings is 2. The highest BCUT2D eigenvalue weighted by atomic mass is 15.2. The highest BCUT2D eigenvalue weighted by molar-refractivity contribution is 5.82. The zero-order valence-corrected chi connectivity index (χ0v) is 11.0. The first-order chi connectivity index (χ1) is 9.67. The Labute approximate surface area is 116 Å². The van der Waals surface area contributed by atoms with Gasteiger partial charge >= 0.3 is 0 Å². The van der Waals surface area contributed by atoms with Crippen LogP contribution in [0.3, 0.4) is 0 Å². The van der Waals surface area contributed by atoms with Crippen molar-refractivity contribution in [3.8, 4) is 6.07 Å². The number of anilines is 3. The Morgan fingerprint density at radius 2 is 1.95 bits per heavy atom. The quantitative estimate of drug-likeness (QED) is 0.697. The van der Waals surface area contributed by atoms with Crippen LogP contribution < -0.4 is 11.1 Å². The third kappa shape index (κ3) is 2.04. The zero-order valence-electron chi connectivity index (χ0n) is 11.0. The zero-order chi connectivity index (χ0) is 14.1. The van der Waals surface area contributed by atoms with E-state index in [4.69, 9.17) is 11.0 Å². The van der Waals surface area contributed by atoms with Gasteiger partial charge < -0.3 is 15.6 Å². The molecule has 0 radical (unpaired) electrons. The molecule has 1 heterocycles. The van der Waals surface area contributed by atoms with E-state index in [1.54, 1.807) is 12.1 Å². The summed E-state index contributed by atoms with van der Waals surface area (Å²) in [6.45, 7) is 0. The van der Waals surface area contributed by atoms with Crippen LogP contribution in [0.2, 0.25) is 0 Å². The number of hydrogen-bond donors (Lipinski definition) is 2. The van der Waals surface area contributed by atoms with Gasteiger partial charge in [-0.3, -0.25) is 0 Å². The molecule has 3 aromatic rings. The second-order valence-electron chi connectivity index (χ2n) is 4.56. The summed E-state index contributed by atoms with van der Waals surface area (Å²) in [6.07, 6.45) is 0. The minimum Gasteiger partial charge on any atom is -0.399 e. The molecule has 5 heteroatoms. The second-order valence-corrected chi connectivity index (χ2v) is 4.56. The molecule has 20 heavy (non-hydrogen) atoms. The number of hydrogen-bond acceptors (Lipinski definition) is 4. The van der Waals surface area contributed by atoms with Gasteiger partial charge in [0.1, 0.15) is 0 Å². The average Bonchev–Trinajstić information content (AvgIpc) is 2.75. The number of nitriles is 1. The van der Waals surface area contributed by atoms with Crippen molar-refractivity contribution < 1.29 is 0 Å². The van der Waals surface area contributed by atoms with Gasteiger partial charge in [0.05, 0.1) is 22.7 Å². The van der Waals surface area contributed by atoms with E-state index in [0.717, 1.165) is 22.7 Å². The summed E-state index contributed by atoms with van der Waals surface area (Å²) in [6, 6.07) is 15.0. The van der Waals surface area contributed by atoms with Crippen LogP contribution in [0.15, 0.2) is 42.5 Å². The normalized spacial score (nSPS) is 10.4. The minimum absolute atomic E-state index is 0.633. The van der Waals surface area contributed by atoms with Crippen LogP contribution in [0.4, 0.5) is 17.3 Å². The third-order valence-electron chi connectivity index (χ3n) is 3.18. The van der Waals surface area contributed by atoms with E-state index < -0.39 is 0 Å². The summed E-state index contributed by atoms with van der Waals surface area (Å²) >= 11 is 0. The lowest BCUT2D eigenvalue weighted by molar-refractivity contribution is 0.958. The van der Waals surface area contributed by atoms with Crippen LogP contribution in [0.25, 0.3) is 11.0 Å². The number of aromatic nitrogens is 2. The lowest BCUT2D eigenvalue weighted by Gasteiger charge is -2.05. The fraction of sp³-hybridized carbons (Fsp3) is 0.0667. The molecular weight excluding hydrogens is 250 g/mol. The van der Waals surface area contributed by atoms with Gasteiger partial charge in [-0.2, -0.15) is 5.26 Å². The number of nitrogens with two attached hydrogens (primary N) is 1. The highest BCUT2D eigenvalue weighted by Gasteiger charge is 2.07. The van der Waals surface area contributed by atoms with Crippen molar-refractivity contribution >= 4 is 28.4 Å². The molecule has 0 aliphatic carbocycles. The van der Waals surface area contributed by atoms with Gasteiger partial charge in [0.2, 0.25) is 5.95 Å². The van der Waals surface area contributed by atoms with E-state index in [0.29, 0.717) is 11.3 Å². The number of imidazole rings is 1. The summed E-state index contributed by atoms with van der Waals surface area (Å²) < 4.78 is 1.97. The van der Waals surface area contributed by atoms with Crippen molar-refractivity contribution in [3.63, 3.8) is 0 Å². The summed E-state index contributed by atoms with van der Waals surface area (Å²) in [5.74, 6) is 0.732. The second kappa shape index (κ2) is 4.59. The Morgan fingerprint density at radius 3 is 2.65 bits per heavy atom. The fourth-order valence-electron chi connectivity index (χ4n) is 2.09. The number of nitrogens with zero attached hydrogens (tertiary/aromatic N) is 3. The average molecular weight is 263 g/mol. The Hall–Kier alpha value is -3.00. The molecule has 0 atom stereocenters. The van der Waals surface area contributed by atoms with Crippen LogP contribution >= 0.6 is 0 Å². The maximum absolute atomic E-state index is 8.78. The molecule has 98 valence electrons. The number of fused-ring (bicyclic) bond motifs is 1. The summed E-state index contributed by atoms with van der Waals surface area (Å²) in [4.78, 5) is 4.52. The first kappa shape index (κ1) is 12.1. The van der Waals surface area contributed by atoms with Crippen molar-refractivity contribution in [2.24, 2.45) is 7.05 Å². The van der Waals surface area contributed by atoms with Crippen molar-refractivity contribution in [1.82, 2.24) is 9.55 Å². The number of aryl methyl sites for hydroxylation is 1. The monoisotopic (exact) mass is 263 g/mol. The Balaban J connectivity index is 1.97. The third-order valence-corrected chi connectivity index (χ3v) is 3.18. The van der Waals surface area contributed by atoms with E-state index in [-0.39, 0.29) is 0 Å². The summed E-state index contributed by atoms with van der Waals surface area (Å²) in [5, 5.41) is 12.0. The van der Waals surface area contributed by atoms with E-state index in [1.807, 2.05) is 41.9 Å². The smallest absolute Gasteiger partial charge is 0.208 e.